The summed E-state index contributed by atoms with van der Waals surface area (Å²) in [4.78, 5) is 1.04. The lowest BCUT2D eigenvalue weighted by Gasteiger charge is -2.27. The van der Waals surface area contributed by atoms with E-state index in [1.54, 1.807) is 0 Å². The molecule has 2 aromatic rings. The van der Waals surface area contributed by atoms with Gasteiger partial charge in [-0.25, -0.2) is 0 Å². The van der Waals surface area contributed by atoms with E-state index in [0.29, 0.717) is 5.56 Å². The molecular weight excluding hydrogens is 312 g/mol. The van der Waals surface area contributed by atoms with E-state index in [2.05, 4.69) is 22.9 Å². The topological polar surface area (TPSA) is 58.9 Å². The average Bonchev–Trinajstić information content (AvgIpc) is 2.95. The molecule has 1 N–H and O–H groups in total. The third-order valence-electron chi connectivity index (χ3n) is 3.18. The molecule has 1 heterocycles. The lowest BCUT2D eigenvalue weighted by Crippen LogP contribution is -2.41. The zero-order chi connectivity index (χ0) is 16.2. The summed E-state index contributed by atoms with van der Waals surface area (Å²) in [5.41, 5.74) is 1.83. The summed E-state index contributed by atoms with van der Waals surface area (Å²) in [6, 6.07) is 14.1. The maximum Gasteiger partial charge on any atom is 0.136 e. The standard InChI is InChI=1S/C17H20N2OS2/c1-17(2,3)22(20)19-15(9-13-7-5-4-6-8-13)16-10-14(11-18)12-21-16/h4-8,10,12,15,19H,9H2,1-3H3/t15-,22+/m1/s1. The molecule has 116 valence electrons. The number of hydrogen-bond acceptors (Lipinski definition) is 4. The molecule has 0 unspecified atom stereocenters. The van der Waals surface area contributed by atoms with Crippen LogP contribution < -0.4 is 4.72 Å². The smallest absolute Gasteiger partial charge is 0.136 e. The van der Waals surface area contributed by atoms with Crippen molar-refractivity contribution in [2.75, 3.05) is 0 Å². The second-order valence-electron chi connectivity index (χ2n) is 6.09. The van der Waals surface area contributed by atoms with E-state index in [9.17, 15) is 4.55 Å². The highest BCUT2D eigenvalue weighted by Gasteiger charge is 2.30. The molecule has 0 saturated carbocycles. The SMILES string of the molecule is CC(C)(C)[S@+]([O-])N[C@H](Cc1ccccc1)c1cc(C#N)cs1. The molecule has 0 aliphatic heterocycles. The number of nitriles is 1. The summed E-state index contributed by atoms with van der Waals surface area (Å²) in [6.45, 7) is 5.85. The van der Waals surface area contributed by atoms with Gasteiger partial charge in [-0.2, -0.15) is 5.26 Å². The Hall–Kier alpha value is -1.32. The predicted octanol–water partition coefficient (Wildman–Crippen LogP) is 3.96. The van der Waals surface area contributed by atoms with Gasteiger partial charge in [0.25, 0.3) is 0 Å². The lowest BCUT2D eigenvalue weighted by atomic mass is 10.1. The molecule has 0 radical (unpaired) electrons. The van der Waals surface area contributed by atoms with Crippen molar-refractivity contribution in [3.05, 3.63) is 57.8 Å². The van der Waals surface area contributed by atoms with Crippen LogP contribution in [0.1, 0.15) is 42.8 Å². The van der Waals surface area contributed by atoms with Gasteiger partial charge >= 0.3 is 0 Å². The van der Waals surface area contributed by atoms with Crippen molar-refractivity contribution in [1.82, 2.24) is 4.72 Å². The van der Waals surface area contributed by atoms with Crippen LogP contribution in [0.25, 0.3) is 0 Å². The molecule has 5 heteroatoms. The lowest BCUT2D eigenvalue weighted by molar-refractivity contribution is 0.524. The number of hydrogen-bond donors (Lipinski definition) is 1. The zero-order valence-corrected chi connectivity index (χ0v) is 14.6. The van der Waals surface area contributed by atoms with E-state index in [0.717, 1.165) is 11.3 Å². The van der Waals surface area contributed by atoms with Crippen LogP contribution >= 0.6 is 11.3 Å². The summed E-state index contributed by atoms with van der Waals surface area (Å²) in [7, 11) is 0. The molecule has 1 aromatic carbocycles. The third-order valence-corrected chi connectivity index (χ3v) is 5.84. The first-order valence-corrected chi connectivity index (χ1v) is 9.13. The van der Waals surface area contributed by atoms with Gasteiger partial charge in [0.2, 0.25) is 0 Å². The predicted molar refractivity (Wildman–Crippen MR) is 93.0 cm³/mol. The first-order chi connectivity index (χ1) is 10.4. The highest BCUT2D eigenvalue weighted by Crippen LogP contribution is 2.28. The average molecular weight is 332 g/mol. The van der Waals surface area contributed by atoms with Crippen molar-refractivity contribution in [2.24, 2.45) is 0 Å². The molecule has 0 aliphatic carbocycles. The third kappa shape index (κ3) is 4.59. The molecule has 0 bridgehead atoms. The molecular formula is C17H20N2OS2. The van der Waals surface area contributed by atoms with Crippen LogP contribution in [0.5, 0.6) is 0 Å². The summed E-state index contributed by atoms with van der Waals surface area (Å²) in [5, 5.41) is 10.9. The summed E-state index contributed by atoms with van der Waals surface area (Å²) < 4.78 is 15.4. The number of rotatable bonds is 5. The van der Waals surface area contributed by atoms with Gasteiger partial charge in [-0.05, 0) is 38.8 Å². The van der Waals surface area contributed by atoms with Crippen LogP contribution in [0.15, 0.2) is 41.8 Å². The van der Waals surface area contributed by atoms with E-state index in [1.807, 2.05) is 50.4 Å². The summed E-state index contributed by atoms with van der Waals surface area (Å²) >= 11 is 0.374. The Morgan fingerprint density at radius 2 is 2.00 bits per heavy atom. The summed E-state index contributed by atoms with van der Waals surface area (Å²) in [5.74, 6) is 0. The molecule has 0 fully saturated rings. The van der Waals surface area contributed by atoms with Gasteiger partial charge in [0, 0.05) is 21.6 Å². The Kier molecular flexibility index (Phi) is 5.65. The molecule has 2 rings (SSSR count). The van der Waals surface area contributed by atoms with E-state index >= 15 is 0 Å². The van der Waals surface area contributed by atoms with Crippen LogP contribution in [0.2, 0.25) is 0 Å². The molecule has 22 heavy (non-hydrogen) atoms. The van der Waals surface area contributed by atoms with Crippen molar-refractivity contribution in [3.8, 4) is 6.07 Å². The fourth-order valence-corrected chi connectivity index (χ4v) is 3.73. The van der Waals surface area contributed by atoms with Gasteiger partial charge in [-0.1, -0.05) is 30.3 Å². The van der Waals surface area contributed by atoms with Crippen molar-refractivity contribution >= 4 is 22.7 Å². The minimum atomic E-state index is -1.16. The van der Waals surface area contributed by atoms with Gasteiger partial charge in [0.1, 0.15) is 10.8 Å². The molecule has 0 saturated heterocycles. The van der Waals surface area contributed by atoms with Crippen molar-refractivity contribution in [2.45, 2.75) is 38.0 Å². The molecule has 1 aromatic heterocycles. The van der Waals surface area contributed by atoms with Crippen LogP contribution in [0.3, 0.4) is 0 Å². The van der Waals surface area contributed by atoms with E-state index in [-0.39, 0.29) is 10.8 Å². The molecule has 3 nitrogen and oxygen atoms in total. The fourth-order valence-electron chi connectivity index (χ4n) is 1.95. The minimum absolute atomic E-state index is 0.0606. The van der Waals surface area contributed by atoms with Crippen LogP contribution in [-0.2, 0) is 17.8 Å². The zero-order valence-electron chi connectivity index (χ0n) is 13.0. The highest BCUT2D eigenvalue weighted by molar-refractivity contribution is 7.90. The van der Waals surface area contributed by atoms with E-state index in [4.69, 9.17) is 5.26 Å². The Labute approximate surface area is 139 Å². The second kappa shape index (κ2) is 7.30. The first kappa shape index (κ1) is 17.0. The van der Waals surface area contributed by atoms with Crippen molar-refractivity contribution < 1.29 is 4.55 Å². The van der Waals surface area contributed by atoms with Gasteiger partial charge in [-0.3, -0.25) is 0 Å². The second-order valence-corrected chi connectivity index (χ2v) is 9.03. The molecule has 0 aliphatic rings. The fraction of sp³-hybridized carbons (Fsp3) is 0.353. The highest BCUT2D eigenvalue weighted by atomic mass is 32.2. The number of nitrogens with zero attached hydrogens (tertiary/aromatic N) is 1. The largest absolute Gasteiger partial charge is 0.598 e. The monoisotopic (exact) mass is 332 g/mol. The maximum atomic E-state index is 12.5. The van der Waals surface area contributed by atoms with Crippen molar-refractivity contribution in [1.29, 1.82) is 5.26 Å². The normalized spacial score (nSPS) is 14.3. The Morgan fingerprint density at radius 1 is 1.32 bits per heavy atom. The van der Waals surface area contributed by atoms with Gasteiger partial charge in [0.15, 0.2) is 0 Å². The van der Waals surface area contributed by atoms with Crippen LogP contribution in [-0.4, -0.2) is 9.30 Å². The van der Waals surface area contributed by atoms with E-state index < -0.39 is 11.4 Å². The molecule has 0 spiro atoms. The van der Waals surface area contributed by atoms with Crippen LogP contribution in [0, 0.1) is 11.3 Å². The van der Waals surface area contributed by atoms with Crippen molar-refractivity contribution in [3.63, 3.8) is 0 Å². The first-order valence-electron chi connectivity index (χ1n) is 7.10. The van der Waals surface area contributed by atoms with Gasteiger partial charge < -0.3 is 4.55 Å². The van der Waals surface area contributed by atoms with Crippen LogP contribution in [0.4, 0.5) is 0 Å². The number of nitrogens with one attached hydrogen (secondary N) is 1. The Bertz CT molecular complexity index is 641. The molecule has 0 amide bonds. The maximum absolute atomic E-state index is 12.5. The number of thiophene rings is 1. The van der Waals surface area contributed by atoms with E-state index in [1.165, 1.54) is 16.9 Å². The quantitative estimate of drug-likeness (QED) is 0.843. The summed E-state index contributed by atoms with van der Waals surface area (Å²) in [6.07, 6.45) is 0.744. The number of benzene rings is 1. The van der Waals surface area contributed by atoms with Gasteiger partial charge in [0.05, 0.1) is 11.6 Å². The Balaban J connectivity index is 2.22. The minimum Gasteiger partial charge on any atom is -0.598 e. The Morgan fingerprint density at radius 3 is 2.55 bits per heavy atom. The van der Waals surface area contributed by atoms with Gasteiger partial charge in [-0.15, -0.1) is 16.1 Å². The molecule has 2 atom stereocenters.